The number of rotatable bonds is 6. The number of carbonyl (C=O) groups is 2. The van der Waals surface area contributed by atoms with Gasteiger partial charge in [-0.15, -0.1) is 11.3 Å². The summed E-state index contributed by atoms with van der Waals surface area (Å²) in [6.07, 6.45) is 1.13. The summed E-state index contributed by atoms with van der Waals surface area (Å²) in [5.74, 6) is -1.33. The number of aliphatic carboxylic acids is 1. The SMILES string of the molecule is CCC[C@H](NC(=O)c1sccc1-c1ccccc1)C(=O)O. The van der Waals surface area contributed by atoms with Crippen LogP contribution in [0.5, 0.6) is 0 Å². The molecule has 1 aromatic heterocycles. The Morgan fingerprint density at radius 3 is 2.57 bits per heavy atom. The van der Waals surface area contributed by atoms with Gasteiger partial charge in [0.15, 0.2) is 0 Å². The molecular formula is C16H17NO3S. The number of carboxylic acids is 1. The van der Waals surface area contributed by atoms with Crippen LogP contribution in [0.25, 0.3) is 11.1 Å². The largest absolute Gasteiger partial charge is 0.480 e. The van der Waals surface area contributed by atoms with Crippen molar-refractivity contribution in [3.8, 4) is 11.1 Å². The van der Waals surface area contributed by atoms with Crippen LogP contribution in [0.3, 0.4) is 0 Å². The molecular weight excluding hydrogens is 286 g/mol. The minimum atomic E-state index is -0.997. The third-order valence-electron chi connectivity index (χ3n) is 3.14. The van der Waals surface area contributed by atoms with Gasteiger partial charge in [-0.05, 0) is 23.4 Å². The number of carboxylic acid groups (broad SMARTS) is 1. The third-order valence-corrected chi connectivity index (χ3v) is 4.05. The lowest BCUT2D eigenvalue weighted by atomic mass is 10.1. The Morgan fingerprint density at radius 2 is 1.95 bits per heavy atom. The van der Waals surface area contributed by atoms with Crippen LogP contribution in [-0.4, -0.2) is 23.0 Å². The molecule has 0 radical (unpaired) electrons. The summed E-state index contributed by atoms with van der Waals surface area (Å²) in [6.45, 7) is 1.89. The number of hydrogen-bond donors (Lipinski definition) is 2. The molecule has 2 rings (SSSR count). The number of amides is 1. The van der Waals surface area contributed by atoms with E-state index in [4.69, 9.17) is 5.11 Å². The van der Waals surface area contributed by atoms with Crippen LogP contribution in [0.15, 0.2) is 41.8 Å². The summed E-state index contributed by atoms with van der Waals surface area (Å²) in [4.78, 5) is 24.0. The van der Waals surface area contributed by atoms with Crippen LogP contribution in [0.4, 0.5) is 0 Å². The second-order valence-electron chi connectivity index (χ2n) is 4.68. The molecule has 1 amide bonds. The van der Waals surface area contributed by atoms with Crippen molar-refractivity contribution in [2.24, 2.45) is 0 Å². The number of hydrogen-bond acceptors (Lipinski definition) is 3. The van der Waals surface area contributed by atoms with Gasteiger partial charge in [-0.1, -0.05) is 43.7 Å². The van der Waals surface area contributed by atoms with Crippen LogP contribution in [0.2, 0.25) is 0 Å². The molecule has 0 unspecified atom stereocenters. The predicted octanol–water partition coefficient (Wildman–Crippen LogP) is 3.40. The molecule has 1 heterocycles. The van der Waals surface area contributed by atoms with Gasteiger partial charge >= 0.3 is 5.97 Å². The zero-order chi connectivity index (χ0) is 15.2. The number of carbonyl (C=O) groups excluding carboxylic acids is 1. The van der Waals surface area contributed by atoms with Gasteiger partial charge < -0.3 is 10.4 Å². The summed E-state index contributed by atoms with van der Waals surface area (Å²) < 4.78 is 0. The minimum absolute atomic E-state index is 0.329. The van der Waals surface area contributed by atoms with Crippen molar-refractivity contribution in [3.05, 3.63) is 46.7 Å². The van der Waals surface area contributed by atoms with Crippen LogP contribution >= 0.6 is 11.3 Å². The standard InChI is InChI=1S/C16H17NO3S/c1-2-6-13(16(19)20)17-15(18)14-12(9-10-21-14)11-7-4-3-5-8-11/h3-5,7-10,13H,2,6H2,1H3,(H,17,18)(H,19,20)/t13-/m0/s1. The Bertz CT molecular complexity index is 621. The van der Waals surface area contributed by atoms with Gasteiger partial charge in [0.25, 0.3) is 5.91 Å². The minimum Gasteiger partial charge on any atom is -0.480 e. The molecule has 110 valence electrons. The van der Waals surface area contributed by atoms with Crippen LogP contribution < -0.4 is 5.32 Å². The number of nitrogens with one attached hydrogen (secondary N) is 1. The monoisotopic (exact) mass is 303 g/mol. The predicted molar refractivity (Wildman–Crippen MR) is 83.6 cm³/mol. The van der Waals surface area contributed by atoms with Gasteiger partial charge in [0.2, 0.25) is 0 Å². The first kappa shape index (κ1) is 15.3. The Balaban J connectivity index is 2.21. The second-order valence-corrected chi connectivity index (χ2v) is 5.60. The molecule has 2 aromatic rings. The first-order valence-electron chi connectivity index (χ1n) is 6.80. The summed E-state index contributed by atoms with van der Waals surface area (Å²) in [5.41, 5.74) is 1.78. The Kier molecular flexibility index (Phi) is 5.11. The average Bonchev–Trinajstić information content (AvgIpc) is 2.97. The zero-order valence-electron chi connectivity index (χ0n) is 11.7. The van der Waals surface area contributed by atoms with E-state index in [1.165, 1.54) is 11.3 Å². The molecule has 0 saturated heterocycles. The van der Waals surface area contributed by atoms with Crippen molar-refractivity contribution in [2.45, 2.75) is 25.8 Å². The normalized spacial score (nSPS) is 11.9. The maximum absolute atomic E-state index is 12.3. The van der Waals surface area contributed by atoms with E-state index in [1.54, 1.807) is 0 Å². The number of benzene rings is 1. The van der Waals surface area contributed by atoms with E-state index < -0.39 is 12.0 Å². The third kappa shape index (κ3) is 3.70. The lowest BCUT2D eigenvalue weighted by Crippen LogP contribution is -2.40. The van der Waals surface area contributed by atoms with E-state index in [-0.39, 0.29) is 5.91 Å². The second kappa shape index (κ2) is 7.04. The zero-order valence-corrected chi connectivity index (χ0v) is 12.5. The Morgan fingerprint density at radius 1 is 1.24 bits per heavy atom. The van der Waals surface area contributed by atoms with Crippen LogP contribution in [-0.2, 0) is 4.79 Å². The molecule has 0 bridgehead atoms. The molecule has 0 aliphatic heterocycles. The van der Waals surface area contributed by atoms with Crippen molar-refractivity contribution < 1.29 is 14.7 Å². The van der Waals surface area contributed by atoms with Gasteiger partial charge in [-0.2, -0.15) is 0 Å². The topological polar surface area (TPSA) is 66.4 Å². The van der Waals surface area contributed by atoms with Crippen molar-refractivity contribution >= 4 is 23.2 Å². The molecule has 0 saturated carbocycles. The van der Waals surface area contributed by atoms with Gasteiger partial charge in [0.1, 0.15) is 6.04 Å². The number of thiophene rings is 1. The van der Waals surface area contributed by atoms with Gasteiger partial charge in [-0.25, -0.2) is 4.79 Å². The average molecular weight is 303 g/mol. The van der Waals surface area contributed by atoms with Crippen molar-refractivity contribution in [2.75, 3.05) is 0 Å². The molecule has 21 heavy (non-hydrogen) atoms. The maximum Gasteiger partial charge on any atom is 0.326 e. The van der Waals surface area contributed by atoms with Crippen molar-refractivity contribution in [1.29, 1.82) is 0 Å². The molecule has 4 nitrogen and oxygen atoms in total. The van der Waals surface area contributed by atoms with Crippen molar-refractivity contribution in [1.82, 2.24) is 5.32 Å². The smallest absolute Gasteiger partial charge is 0.326 e. The van der Waals surface area contributed by atoms with Gasteiger partial charge in [0.05, 0.1) is 4.88 Å². The Labute approximate surface area is 127 Å². The fourth-order valence-electron chi connectivity index (χ4n) is 2.10. The molecule has 5 heteroatoms. The molecule has 0 fully saturated rings. The van der Waals surface area contributed by atoms with Gasteiger partial charge in [-0.3, -0.25) is 4.79 Å². The first-order chi connectivity index (χ1) is 10.1. The lowest BCUT2D eigenvalue weighted by Gasteiger charge is -2.13. The molecule has 0 aliphatic rings. The highest BCUT2D eigenvalue weighted by molar-refractivity contribution is 7.12. The molecule has 1 aromatic carbocycles. The quantitative estimate of drug-likeness (QED) is 0.859. The van der Waals surface area contributed by atoms with E-state index in [0.29, 0.717) is 17.7 Å². The van der Waals surface area contributed by atoms with E-state index in [0.717, 1.165) is 11.1 Å². The Hall–Kier alpha value is -2.14. The summed E-state index contributed by atoms with van der Waals surface area (Å²) in [5, 5.41) is 13.6. The fourth-order valence-corrected chi connectivity index (χ4v) is 2.92. The summed E-state index contributed by atoms with van der Waals surface area (Å²) >= 11 is 1.32. The highest BCUT2D eigenvalue weighted by Gasteiger charge is 2.22. The molecule has 0 aliphatic carbocycles. The highest BCUT2D eigenvalue weighted by Crippen LogP contribution is 2.28. The first-order valence-corrected chi connectivity index (χ1v) is 7.68. The van der Waals surface area contributed by atoms with E-state index in [2.05, 4.69) is 5.32 Å². The highest BCUT2D eigenvalue weighted by atomic mass is 32.1. The summed E-state index contributed by atoms with van der Waals surface area (Å²) in [7, 11) is 0. The van der Waals surface area contributed by atoms with Gasteiger partial charge in [0, 0.05) is 5.56 Å². The molecule has 2 N–H and O–H groups in total. The van der Waals surface area contributed by atoms with Crippen LogP contribution in [0, 0.1) is 0 Å². The van der Waals surface area contributed by atoms with Crippen LogP contribution in [0.1, 0.15) is 29.4 Å². The maximum atomic E-state index is 12.3. The molecule has 0 spiro atoms. The summed E-state index contributed by atoms with van der Waals surface area (Å²) in [6, 6.07) is 10.6. The van der Waals surface area contributed by atoms with Crippen molar-refractivity contribution in [3.63, 3.8) is 0 Å². The van der Waals surface area contributed by atoms with E-state index in [9.17, 15) is 9.59 Å². The fraction of sp³-hybridized carbons (Fsp3) is 0.250. The molecule has 1 atom stereocenters. The van der Waals surface area contributed by atoms with E-state index in [1.807, 2.05) is 48.7 Å². The lowest BCUT2D eigenvalue weighted by molar-refractivity contribution is -0.139. The van der Waals surface area contributed by atoms with E-state index >= 15 is 0 Å².